The van der Waals surface area contributed by atoms with Crippen LogP contribution in [0.5, 0.6) is 0 Å². The summed E-state index contributed by atoms with van der Waals surface area (Å²) < 4.78 is 12.1. The first kappa shape index (κ1) is 78.2. The first-order valence-electron chi connectivity index (χ1n) is 33.4. The Labute approximate surface area is 550 Å². The number of allylic oxidation sites excluding steroid dienone is 1. The molecule has 25 nitrogen and oxygen atoms in total. The molecule has 0 saturated carbocycles. The molecule has 1 aromatic carbocycles. The first-order valence-corrected chi connectivity index (χ1v) is 33.4. The van der Waals surface area contributed by atoms with Gasteiger partial charge in [-0.1, -0.05) is 98.9 Å². The molecule has 520 valence electrons. The van der Waals surface area contributed by atoms with Crippen molar-refractivity contribution in [1.29, 1.82) is 0 Å². The second kappa shape index (κ2) is 38.8. The van der Waals surface area contributed by atoms with Gasteiger partial charge >= 0.3 is 12.0 Å². The molecule has 1 aromatic rings. The number of aliphatic carboxylic acids is 1. The summed E-state index contributed by atoms with van der Waals surface area (Å²) in [6.07, 6.45) is 11.4. The van der Waals surface area contributed by atoms with Crippen LogP contribution in [0.25, 0.3) is 0 Å². The molecule has 9 N–H and O–H groups in total. The highest BCUT2D eigenvalue weighted by atomic mass is 16.5. The van der Waals surface area contributed by atoms with E-state index in [1.54, 1.807) is 49.8 Å². The zero-order valence-electron chi connectivity index (χ0n) is 57.4. The number of carboxylic acid groups (broad SMARTS) is 1. The maximum atomic E-state index is 14.9. The van der Waals surface area contributed by atoms with E-state index in [0.29, 0.717) is 70.1 Å². The number of rotatable bonds is 40. The molecule has 0 bridgehead atoms. The summed E-state index contributed by atoms with van der Waals surface area (Å²) in [5, 5.41) is 26.9. The summed E-state index contributed by atoms with van der Waals surface area (Å²) >= 11 is 0. The van der Waals surface area contributed by atoms with Crippen molar-refractivity contribution >= 4 is 70.9 Å². The number of nitrogens with one attached hydrogen (secondary N) is 6. The number of benzene rings is 1. The maximum Gasteiger partial charge on any atom is 0.326 e. The zero-order valence-corrected chi connectivity index (χ0v) is 57.4. The molecule has 2 heterocycles. The van der Waals surface area contributed by atoms with Crippen molar-refractivity contribution in [2.45, 2.75) is 220 Å². The number of carbonyl (C=O) groups excluding carboxylic acids is 10. The molecule has 4 rings (SSSR count). The van der Waals surface area contributed by atoms with Gasteiger partial charge in [0, 0.05) is 71.7 Å². The van der Waals surface area contributed by atoms with E-state index in [4.69, 9.17) is 15.2 Å². The van der Waals surface area contributed by atoms with Gasteiger partial charge < -0.3 is 62.0 Å². The number of nitrogens with two attached hydrogens (primary N) is 1. The lowest BCUT2D eigenvalue weighted by molar-refractivity contribution is -0.148. The van der Waals surface area contributed by atoms with Crippen LogP contribution < -0.4 is 37.6 Å². The number of amides is 11. The number of likely N-dealkylation sites (tertiary alicyclic amines) is 1. The molecule has 11 atom stereocenters. The lowest BCUT2D eigenvalue weighted by atomic mass is 9.89. The van der Waals surface area contributed by atoms with Gasteiger partial charge in [0.15, 0.2) is 0 Å². The number of hydrogen-bond donors (Lipinski definition) is 8. The highest BCUT2D eigenvalue weighted by Crippen LogP contribution is 2.31. The summed E-state index contributed by atoms with van der Waals surface area (Å²) in [5.74, 6) is -6.43. The molecule has 11 amide bonds. The number of ether oxygens (including phenoxy) is 2. The normalized spacial score (nSPS) is 18.2. The highest BCUT2D eigenvalue weighted by Gasteiger charge is 2.44. The fraction of sp³-hybridized carbons (Fsp3) is 0.691. The number of hydrogen-bond acceptors (Lipinski definition) is 14. The van der Waals surface area contributed by atoms with E-state index in [9.17, 15) is 57.8 Å². The zero-order chi connectivity index (χ0) is 69.2. The number of methoxy groups -OCH3 is 2. The van der Waals surface area contributed by atoms with E-state index in [-0.39, 0.29) is 97.9 Å². The fourth-order valence-corrected chi connectivity index (χ4v) is 12.8. The number of unbranched alkanes of at least 4 members (excludes halogenated alkanes) is 2. The Morgan fingerprint density at radius 3 is 1.97 bits per heavy atom. The topological polar surface area (TPSA) is 338 Å². The monoisotopic (exact) mass is 1300 g/mol. The molecule has 1 aliphatic carbocycles. The van der Waals surface area contributed by atoms with Gasteiger partial charge in [0.25, 0.3) is 11.8 Å². The number of primary amides is 1. The van der Waals surface area contributed by atoms with E-state index in [1.807, 2.05) is 65.6 Å². The molecule has 1 fully saturated rings. The van der Waals surface area contributed by atoms with Crippen LogP contribution in [-0.2, 0) is 63.8 Å². The maximum absolute atomic E-state index is 14.9. The summed E-state index contributed by atoms with van der Waals surface area (Å²) in [7, 11) is 6.55. The minimum Gasteiger partial charge on any atom is -0.480 e. The van der Waals surface area contributed by atoms with E-state index < -0.39 is 90.1 Å². The van der Waals surface area contributed by atoms with Crippen LogP contribution in [0.2, 0.25) is 0 Å². The van der Waals surface area contributed by atoms with Gasteiger partial charge in [-0.05, 0) is 125 Å². The number of carboxylic acids is 1. The van der Waals surface area contributed by atoms with E-state index in [0.717, 1.165) is 41.7 Å². The largest absolute Gasteiger partial charge is 0.480 e. The molecule has 1 saturated heterocycles. The summed E-state index contributed by atoms with van der Waals surface area (Å²) in [5.41, 5.74) is 7.63. The van der Waals surface area contributed by atoms with Crippen molar-refractivity contribution in [2.24, 2.45) is 35.3 Å². The van der Waals surface area contributed by atoms with Gasteiger partial charge in [-0.15, -0.1) is 0 Å². The first-order chi connectivity index (χ1) is 44.0. The molecule has 0 radical (unpaired) electrons. The van der Waals surface area contributed by atoms with Crippen molar-refractivity contribution in [2.75, 3.05) is 59.8 Å². The van der Waals surface area contributed by atoms with Crippen LogP contribution in [0.3, 0.4) is 0 Å². The number of carbonyl (C=O) groups is 11. The predicted octanol–water partition coefficient (Wildman–Crippen LogP) is 5.20. The standard InChI is InChI=1S/C68H109N11O14/c1-14-44(8)60(52(92-12)40-56(83)78-37-22-26-51(78)61(93-13)45(9)62(84)73-50(67(89)90)39-47-23-17-15-18-24-47)77(11)66(88)58(42(4)5)75-65(87)59(43(6)7)76(10)38-34-46-28-30-48(31-29-46)71-63(85)49(25-21-35-70-68(69)91)72-64(86)57(41(2)3)74-53(80)27-19-16-20-36-79-54(81)32-33-55(79)82/h23,28-33,41-45,49-52,57-61H,14-22,24-27,34-40H2,1-13H3,(H,71,85)(H,72,86)(H,73,84)(H,74,80)(H,75,87)(H,89,90)(H3,69,70,91). The number of nitrogens with zero attached hydrogens (tertiary/aromatic N) is 4. The summed E-state index contributed by atoms with van der Waals surface area (Å²) in [6.45, 7) is 18.1. The van der Waals surface area contributed by atoms with E-state index in [2.05, 4.69) is 38.0 Å². The van der Waals surface area contributed by atoms with Crippen LogP contribution in [-0.4, -0.2) is 199 Å². The average molecular weight is 1300 g/mol. The van der Waals surface area contributed by atoms with Gasteiger partial charge in [0.05, 0.1) is 42.7 Å². The Morgan fingerprint density at radius 2 is 1.40 bits per heavy atom. The minimum absolute atomic E-state index is 0.0781. The van der Waals surface area contributed by atoms with Crippen LogP contribution >= 0.6 is 0 Å². The van der Waals surface area contributed by atoms with Crippen molar-refractivity contribution in [3.8, 4) is 0 Å². The number of imide groups is 1. The summed E-state index contributed by atoms with van der Waals surface area (Å²) in [4.78, 5) is 152. The fourth-order valence-electron chi connectivity index (χ4n) is 12.8. The van der Waals surface area contributed by atoms with Crippen molar-refractivity contribution in [1.82, 2.24) is 46.2 Å². The quantitative estimate of drug-likeness (QED) is 0.0238. The molecule has 0 spiro atoms. The molecule has 3 aliphatic rings. The molecule has 0 aromatic heterocycles. The Bertz CT molecular complexity index is 2740. The van der Waals surface area contributed by atoms with Crippen LogP contribution in [0, 0.1) is 29.6 Å². The second-order valence-electron chi connectivity index (χ2n) is 26.4. The van der Waals surface area contributed by atoms with Gasteiger partial charge in [0.2, 0.25) is 41.4 Å². The van der Waals surface area contributed by atoms with Gasteiger partial charge in [-0.3, -0.25) is 53.0 Å². The highest BCUT2D eigenvalue weighted by molar-refractivity contribution is 6.12. The van der Waals surface area contributed by atoms with E-state index >= 15 is 0 Å². The average Bonchev–Trinajstić information content (AvgIpc) is 1.83. The molecular formula is C68H109N11O14. The third-order valence-corrected chi connectivity index (χ3v) is 18.4. The number of anilines is 1. The molecule has 25 heteroatoms. The van der Waals surface area contributed by atoms with Crippen LogP contribution in [0.15, 0.2) is 48.1 Å². The Morgan fingerprint density at radius 1 is 0.742 bits per heavy atom. The Balaban J connectivity index is 1.38. The predicted molar refractivity (Wildman–Crippen MR) is 354 cm³/mol. The van der Waals surface area contributed by atoms with Crippen molar-refractivity contribution < 1.29 is 67.3 Å². The second-order valence-corrected chi connectivity index (χ2v) is 26.4. The third-order valence-electron chi connectivity index (χ3n) is 18.4. The Hall–Kier alpha value is -7.25. The summed E-state index contributed by atoms with van der Waals surface area (Å²) in [6, 6.07) is 0.669. The minimum atomic E-state index is -1.11. The number of likely N-dealkylation sites (N-methyl/N-ethyl adjacent to an activating group) is 2. The smallest absolute Gasteiger partial charge is 0.326 e. The van der Waals surface area contributed by atoms with Crippen LogP contribution in [0.4, 0.5) is 10.5 Å². The van der Waals surface area contributed by atoms with Crippen molar-refractivity contribution in [3.63, 3.8) is 0 Å². The lowest BCUT2D eigenvalue weighted by Crippen LogP contribution is -2.60. The Kier molecular flexibility index (Phi) is 32.6. The van der Waals surface area contributed by atoms with E-state index in [1.165, 1.54) is 26.4 Å². The van der Waals surface area contributed by atoms with Gasteiger partial charge in [0.1, 0.15) is 24.2 Å². The van der Waals surface area contributed by atoms with Gasteiger partial charge in [-0.25, -0.2) is 9.59 Å². The molecule has 2 aliphatic heterocycles. The molecule has 93 heavy (non-hydrogen) atoms. The molecular weight excluding hydrogens is 1190 g/mol. The number of urea groups is 1. The SMILES string of the molecule is CCC(C)C(C(CC(=O)N1CCCC1C(OC)C(C)C(=O)NC(CC1=CCCCC1)C(=O)O)OC)N(C)C(=O)C(NC(=O)C(C(C)C)N(C)CCc1ccc(NC(=O)C(CCCNC(N)=O)NC(=O)C(NC(=O)CCCCCN2C(=O)C=CC2=O)C(C)C)cc1)C(C)C. The lowest BCUT2D eigenvalue weighted by Gasteiger charge is -2.41. The molecule has 11 unspecified atom stereocenters. The van der Waals surface area contributed by atoms with Crippen LogP contribution in [0.1, 0.15) is 164 Å². The van der Waals surface area contributed by atoms with Crippen molar-refractivity contribution in [3.05, 3.63) is 53.6 Å². The third kappa shape index (κ3) is 23.9. The van der Waals surface area contributed by atoms with Gasteiger partial charge in [-0.2, -0.15) is 0 Å².